The summed E-state index contributed by atoms with van der Waals surface area (Å²) in [6.07, 6.45) is 0.595. The Bertz CT molecular complexity index is 603. The fourth-order valence-electron chi connectivity index (χ4n) is 1.68. The van der Waals surface area contributed by atoms with Crippen LogP contribution in [0.2, 0.25) is 0 Å². The molecule has 0 aliphatic rings. The number of fused-ring (bicyclic) bond motifs is 1. The van der Waals surface area contributed by atoms with Crippen LogP contribution in [0, 0.1) is 3.70 Å². The number of halogens is 1. The summed E-state index contributed by atoms with van der Waals surface area (Å²) in [7, 11) is 0. The molecule has 0 aliphatic carbocycles. The van der Waals surface area contributed by atoms with E-state index in [-0.39, 0.29) is 0 Å². The fourth-order valence-corrected chi connectivity index (χ4v) is 2.09. The van der Waals surface area contributed by atoms with E-state index in [4.69, 9.17) is 0 Å². The Labute approximate surface area is 118 Å². The van der Waals surface area contributed by atoms with Gasteiger partial charge in [-0.15, -0.1) is 0 Å². The third kappa shape index (κ3) is 2.40. The van der Waals surface area contributed by atoms with Gasteiger partial charge >= 0.3 is 6.09 Å². The smallest absolute Gasteiger partial charge is 0.413 e. The molecule has 2 rings (SSSR count). The first-order valence-electron chi connectivity index (χ1n) is 5.34. The minimum absolute atomic E-state index is 0.379. The molecule has 0 saturated heterocycles. The minimum Gasteiger partial charge on any atom is -0.465 e. The molecule has 0 fully saturated rings. The fraction of sp³-hybridized carbons (Fsp3) is 0.364. The summed E-state index contributed by atoms with van der Waals surface area (Å²) in [5.74, 6) is 0.379. The summed E-state index contributed by atoms with van der Waals surface area (Å²) in [5.41, 5.74) is 0.0672. The lowest BCUT2D eigenvalue weighted by Crippen LogP contribution is -2.45. The number of rotatable bonds is 1. The van der Waals surface area contributed by atoms with Crippen LogP contribution < -0.4 is 4.90 Å². The average Bonchev–Trinajstić information content (AvgIpc) is 2.56. The van der Waals surface area contributed by atoms with Crippen molar-refractivity contribution in [1.82, 2.24) is 14.6 Å². The molecule has 0 radical (unpaired) electrons. The van der Waals surface area contributed by atoms with Gasteiger partial charge in [0.2, 0.25) is 0 Å². The number of anilines is 1. The van der Waals surface area contributed by atoms with Crippen LogP contribution >= 0.6 is 22.6 Å². The van der Waals surface area contributed by atoms with Crippen LogP contribution in [0.15, 0.2) is 18.3 Å². The number of hydrogen-bond donors (Lipinski definition) is 1. The Morgan fingerprint density at radius 1 is 1.44 bits per heavy atom. The molecule has 0 saturated carbocycles. The van der Waals surface area contributed by atoms with Crippen molar-refractivity contribution in [1.29, 1.82) is 0 Å². The molecule has 18 heavy (non-hydrogen) atoms. The van der Waals surface area contributed by atoms with Crippen LogP contribution in [0.25, 0.3) is 5.65 Å². The molecule has 0 aliphatic heterocycles. The topological polar surface area (TPSA) is 70.7 Å². The second-order valence-corrected chi connectivity index (χ2v) is 5.95. The standard InChI is InChI=1S/C11H13IN4O2/c1-11(2,3)16(10(17)18)9-6-15-8(13-9)5-4-7(12)14-15/h4-6H,1-3H3,(H,17,18). The van der Waals surface area contributed by atoms with Crippen molar-refractivity contribution in [3.63, 3.8) is 0 Å². The monoisotopic (exact) mass is 360 g/mol. The second kappa shape index (κ2) is 4.38. The Balaban J connectivity index is 2.55. The molecule has 2 heterocycles. The molecule has 1 amide bonds. The molecule has 7 heteroatoms. The van der Waals surface area contributed by atoms with Gasteiger partial charge in [0, 0.05) is 5.54 Å². The average molecular weight is 360 g/mol. The van der Waals surface area contributed by atoms with Crippen molar-refractivity contribution < 1.29 is 9.90 Å². The molecule has 0 atom stereocenters. The molecule has 0 spiro atoms. The van der Waals surface area contributed by atoms with Gasteiger partial charge in [0.25, 0.3) is 0 Å². The lowest BCUT2D eigenvalue weighted by Gasteiger charge is -2.30. The van der Waals surface area contributed by atoms with Crippen molar-refractivity contribution in [3.05, 3.63) is 22.0 Å². The second-order valence-electron chi connectivity index (χ2n) is 4.85. The zero-order valence-corrected chi connectivity index (χ0v) is 12.4. The van der Waals surface area contributed by atoms with Crippen LogP contribution in [0.4, 0.5) is 10.6 Å². The molecule has 0 unspecified atom stereocenters. The highest BCUT2D eigenvalue weighted by atomic mass is 127. The van der Waals surface area contributed by atoms with Crippen molar-refractivity contribution in [2.45, 2.75) is 26.3 Å². The van der Waals surface area contributed by atoms with Crippen molar-refractivity contribution in [2.24, 2.45) is 0 Å². The third-order valence-electron chi connectivity index (χ3n) is 2.37. The quantitative estimate of drug-likeness (QED) is 0.794. The lowest BCUT2D eigenvalue weighted by atomic mass is 10.1. The maximum absolute atomic E-state index is 11.3. The summed E-state index contributed by atoms with van der Waals surface area (Å²) in [6.45, 7) is 5.47. The SMILES string of the molecule is CC(C)(C)N(C(=O)O)c1cn2nc(I)ccc2n1. The van der Waals surface area contributed by atoms with Crippen molar-refractivity contribution in [2.75, 3.05) is 4.90 Å². The van der Waals surface area contributed by atoms with E-state index in [1.165, 1.54) is 4.90 Å². The van der Waals surface area contributed by atoms with Gasteiger partial charge in [-0.1, -0.05) is 0 Å². The van der Waals surface area contributed by atoms with Crippen LogP contribution in [-0.2, 0) is 0 Å². The van der Waals surface area contributed by atoms with Crippen molar-refractivity contribution in [3.8, 4) is 0 Å². The van der Waals surface area contributed by atoms with E-state index in [1.54, 1.807) is 16.8 Å². The maximum Gasteiger partial charge on any atom is 0.413 e. The van der Waals surface area contributed by atoms with Crippen molar-refractivity contribution >= 4 is 40.1 Å². The van der Waals surface area contributed by atoms with E-state index < -0.39 is 11.6 Å². The van der Waals surface area contributed by atoms with Crippen LogP contribution in [0.5, 0.6) is 0 Å². The summed E-state index contributed by atoms with van der Waals surface area (Å²) in [4.78, 5) is 16.9. The minimum atomic E-state index is -1.03. The molecular formula is C11H13IN4O2. The molecule has 2 aromatic heterocycles. The normalized spacial score (nSPS) is 11.8. The van der Waals surface area contributed by atoms with Gasteiger partial charge in [-0.2, -0.15) is 5.10 Å². The number of carboxylic acid groups (broad SMARTS) is 1. The van der Waals surface area contributed by atoms with E-state index >= 15 is 0 Å². The van der Waals surface area contributed by atoms with E-state index in [2.05, 4.69) is 32.7 Å². The Kier molecular flexibility index (Phi) is 3.18. The van der Waals surface area contributed by atoms with Crippen LogP contribution in [0.1, 0.15) is 20.8 Å². The number of amides is 1. The summed E-state index contributed by atoms with van der Waals surface area (Å²) in [5, 5.41) is 13.5. The molecule has 1 N–H and O–H groups in total. The number of aromatic nitrogens is 3. The first kappa shape index (κ1) is 13.1. The molecule has 96 valence electrons. The van der Waals surface area contributed by atoms with Crippen LogP contribution in [-0.4, -0.2) is 31.3 Å². The highest BCUT2D eigenvalue weighted by Gasteiger charge is 2.29. The van der Waals surface area contributed by atoms with Gasteiger partial charge in [-0.3, -0.25) is 4.90 Å². The first-order chi connectivity index (χ1) is 8.29. The molecule has 0 aromatic carbocycles. The van der Waals surface area contributed by atoms with E-state index in [1.807, 2.05) is 26.8 Å². The Morgan fingerprint density at radius 2 is 2.11 bits per heavy atom. The predicted octanol–water partition coefficient (Wildman–Crippen LogP) is 2.62. The first-order valence-corrected chi connectivity index (χ1v) is 6.42. The predicted molar refractivity (Wildman–Crippen MR) is 76.0 cm³/mol. The Morgan fingerprint density at radius 3 is 2.67 bits per heavy atom. The number of nitrogens with zero attached hydrogens (tertiary/aromatic N) is 4. The van der Waals surface area contributed by atoms with Gasteiger partial charge in [0.05, 0.1) is 6.20 Å². The summed E-state index contributed by atoms with van der Waals surface area (Å²) >= 11 is 2.09. The Hall–Kier alpha value is -1.38. The molecule has 2 aromatic rings. The van der Waals surface area contributed by atoms with Gasteiger partial charge in [0.15, 0.2) is 11.5 Å². The zero-order chi connectivity index (χ0) is 13.5. The molecule has 0 bridgehead atoms. The third-order valence-corrected chi connectivity index (χ3v) is 2.94. The number of imidazole rings is 1. The number of carbonyl (C=O) groups is 1. The molecular weight excluding hydrogens is 347 g/mol. The summed E-state index contributed by atoms with van der Waals surface area (Å²) in [6, 6.07) is 3.63. The van der Waals surface area contributed by atoms with Gasteiger partial charge < -0.3 is 5.11 Å². The largest absolute Gasteiger partial charge is 0.465 e. The highest BCUT2D eigenvalue weighted by Crippen LogP contribution is 2.23. The lowest BCUT2D eigenvalue weighted by molar-refractivity contribution is 0.195. The van der Waals surface area contributed by atoms with Crippen LogP contribution in [0.3, 0.4) is 0 Å². The van der Waals surface area contributed by atoms with Gasteiger partial charge in [0.1, 0.15) is 3.70 Å². The van der Waals surface area contributed by atoms with E-state index in [9.17, 15) is 9.90 Å². The highest BCUT2D eigenvalue weighted by molar-refractivity contribution is 14.1. The summed E-state index contributed by atoms with van der Waals surface area (Å²) < 4.78 is 2.40. The van der Waals surface area contributed by atoms with E-state index in [0.29, 0.717) is 11.5 Å². The van der Waals surface area contributed by atoms with E-state index in [0.717, 1.165) is 3.70 Å². The zero-order valence-electron chi connectivity index (χ0n) is 10.3. The van der Waals surface area contributed by atoms with Gasteiger partial charge in [-0.05, 0) is 55.5 Å². The maximum atomic E-state index is 11.3. The molecule has 6 nitrogen and oxygen atoms in total. The number of hydrogen-bond acceptors (Lipinski definition) is 3. The van der Waals surface area contributed by atoms with Gasteiger partial charge in [-0.25, -0.2) is 14.3 Å².